The second kappa shape index (κ2) is 5.70. The summed E-state index contributed by atoms with van der Waals surface area (Å²) in [5.74, 6) is 0.329. The molecule has 0 saturated heterocycles. The Hall–Kier alpha value is -2.34. The lowest BCUT2D eigenvalue weighted by molar-refractivity contribution is -0.132. The van der Waals surface area contributed by atoms with Crippen LogP contribution in [-0.2, 0) is 16.6 Å². The van der Waals surface area contributed by atoms with Gasteiger partial charge >= 0.3 is 5.97 Å². The molecule has 0 spiro atoms. The lowest BCUT2D eigenvalue weighted by Crippen LogP contribution is -2.11. The second-order valence-corrected chi connectivity index (χ2v) is 5.94. The van der Waals surface area contributed by atoms with Gasteiger partial charge in [0.2, 0.25) is 5.89 Å². The summed E-state index contributed by atoms with van der Waals surface area (Å²) >= 11 is 6.19. The second-order valence-electron chi connectivity index (χ2n) is 5.53. The standard InChI is InChI=1S/C16H15ClN2O4/c1-9(14(20)21)7-13-18-15(19-23-13)16(5-6-16)10-3-4-12(22-2)11(17)8-10/h3-4,8H,1,5-7H2,2H3,(H,20,21). The van der Waals surface area contributed by atoms with E-state index in [4.69, 9.17) is 26.0 Å². The maximum atomic E-state index is 10.8. The van der Waals surface area contributed by atoms with Crippen LogP contribution in [0.4, 0.5) is 0 Å². The quantitative estimate of drug-likeness (QED) is 0.817. The summed E-state index contributed by atoms with van der Waals surface area (Å²) in [6, 6.07) is 5.59. The normalized spacial score (nSPS) is 15.2. The number of carboxylic acids is 1. The zero-order valence-corrected chi connectivity index (χ0v) is 13.3. The molecule has 1 fully saturated rings. The molecule has 0 unspecified atom stereocenters. The first-order valence-electron chi connectivity index (χ1n) is 7.04. The maximum Gasteiger partial charge on any atom is 0.331 e. The van der Waals surface area contributed by atoms with Crippen molar-refractivity contribution in [1.82, 2.24) is 10.1 Å². The Kier molecular flexibility index (Phi) is 3.85. The van der Waals surface area contributed by atoms with Crippen molar-refractivity contribution in [2.45, 2.75) is 24.7 Å². The van der Waals surface area contributed by atoms with Crippen molar-refractivity contribution in [2.75, 3.05) is 7.11 Å². The number of aromatic nitrogens is 2. The molecule has 0 radical (unpaired) electrons. The minimum atomic E-state index is -1.08. The number of aliphatic carboxylic acids is 1. The number of ether oxygens (including phenoxy) is 1. The zero-order valence-electron chi connectivity index (χ0n) is 12.5. The highest BCUT2D eigenvalue weighted by atomic mass is 35.5. The fourth-order valence-electron chi connectivity index (χ4n) is 2.51. The highest BCUT2D eigenvalue weighted by Crippen LogP contribution is 2.53. The molecule has 6 nitrogen and oxygen atoms in total. The molecule has 0 amide bonds. The monoisotopic (exact) mass is 334 g/mol. The number of rotatable bonds is 6. The predicted molar refractivity (Wildman–Crippen MR) is 82.8 cm³/mol. The molecule has 0 atom stereocenters. The van der Waals surface area contributed by atoms with E-state index in [1.165, 1.54) is 0 Å². The van der Waals surface area contributed by atoms with E-state index >= 15 is 0 Å². The first kappa shape index (κ1) is 15.6. The Labute approximate surface area is 137 Å². The minimum Gasteiger partial charge on any atom is -0.495 e. The molecule has 0 aliphatic heterocycles. The molecule has 1 heterocycles. The first-order valence-corrected chi connectivity index (χ1v) is 7.42. The van der Waals surface area contributed by atoms with E-state index < -0.39 is 5.97 Å². The molecule has 1 aromatic heterocycles. The Balaban J connectivity index is 1.86. The number of nitrogens with zero attached hydrogens (tertiary/aromatic N) is 2. The van der Waals surface area contributed by atoms with Gasteiger partial charge in [0.1, 0.15) is 5.75 Å². The van der Waals surface area contributed by atoms with E-state index in [1.807, 2.05) is 18.2 Å². The van der Waals surface area contributed by atoms with E-state index in [9.17, 15) is 4.79 Å². The van der Waals surface area contributed by atoms with Crippen LogP contribution in [0.3, 0.4) is 0 Å². The Morgan fingerprint density at radius 3 is 2.83 bits per heavy atom. The lowest BCUT2D eigenvalue weighted by atomic mass is 9.95. The molecule has 1 aliphatic carbocycles. The molecule has 3 rings (SSSR count). The number of benzene rings is 1. The summed E-state index contributed by atoms with van der Waals surface area (Å²) < 4.78 is 10.3. The molecule has 23 heavy (non-hydrogen) atoms. The fourth-order valence-corrected chi connectivity index (χ4v) is 2.77. The molecule has 0 bridgehead atoms. The lowest BCUT2D eigenvalue weighted by Gasteiger charge is -2.12. The Morgan fingerprint density at radius 2 is 2.26 bits per heavy atom. The van der Waals surface area contributed by atoms with Crippen molar-refractivity contribution in [3.8, 4) is 5.75 Å². The molecular weight excluding hydrogens is 320 g/mol. The molecule has 1 saturated carbocycles. The van der Waals surface area contributed by atoms with E-state index in [0.717, 1.165) is 18.4 Å². The molecule has 1 N–H and O–H groups in total. The van der Waals surface area contributed by atoms with Crippen molar-refractivity contribution in [1.29, 1.82) is 0 Å². The average molecular weight is 335 g/mol. The smallest absolute Gasteiger partial charge is 0.331 e. The number of hydrogen-bond donors (Lipinski definition) is 1. The third-order valence-corrected chi connectivity index (χ3v) is 4.31. The van der Waals surface area contributed by atoms with Gasteiger partial charge in [0.25, 0.3) is 0 Å². The molecule has 2 aromatic rings. The van der Waals surface area contributed by atoms with E-state index in [0.29, 0.717) is 16.6 Å². The van der Waals surface area contributed by atoms with Crippen molar-refractivity contribution in [3.05, 3.63) is 52.7 Å². The minimum absolute atomic E-state index is 0.0116. The Bertz CT molecular complexity index is 780. The van der Waals surface area contributed by atoms with Gasteiger partial charge < -0.3 is 14.4 Å². The van der Waals surface area contributed by atoms with E-state index in [1.54, 1.807) is 7.11 Å². The van der Waals surface area contributed by atoms with Gasteiger partial charge in [-0.1, -0.05) is 29.4 Å². The number of halogens is 1. The van der Waals surface area contributed by atoms with Crippen LogP contribution in [0, 0.1) is 0 Å². The summed E-state index contributed by atoms with van der Waals surface area (Å²) in [5, 5.41) is 13.4. The number of methoxy groups -OCH3 is 1. The maximum absolute atomic E-state index is 10.8. The van der Waals surface area contributed by atoms with E-state index in [-0.39, 0.29) is 23.3 Å². The van der Waals surface area contributed by atoms with Crippen LogP contribution >= 0.6 is 11.6 Å². The van der Waals surface area contributed by atoms with Crippen LogP contribution in [0.1, 0.15) is 30.1 Å². The third kappa shape index (κ3) is 2.82. The topological polar surface area (TPSA) is 85.5 Å². The number of hydrogen-bond acceptors (Lipinski definition) is 5. The summed E-state index contributed by atoms with van der Waals surface area (Å²) in [6.07, 6.45) is 1.80. The van der Waals surface area contributed by atoms with Gasteiger partial charge in [-0.3, -0.25) is 0 Å². The summed E-state index contributed by atoms with van der Waals surface area (Å²) in [4.78, 5) is 15.2. The zero-order chi connectivity index (χ0) is 16.6. The van der Waals surface area contributed by atoms with Crippen LogP contribution in [0.25, 0.3) is 0 Å². The molecule has 120 valence electrons. The molecular formula is C16H15ClN2O4. The van der Waals surface area contributed by atoms with Crippen LogP contribution in [0.5, 0.6) is 5.75 Å². The molecule has 7 heteroatoms. The van der Waals surface area contributed by atoms with Crippen molar-refractivity contribution >= 4 is 17.6 Å². The van der Waals surface area contributed by atoms with E-state index in [2.05, 4.69) is 16.7 Å². The summed E-state index contributed by atoms with van der Waals surface area (Å²) in [6.45, 7) is 3.47. The molecule has 1 aromatic carbocycles. The Morgan fingerprint density at radius 1 is 1.52 bits per heavy atom. The highest BCUT2D eigenvalue weighted by molar-refractivity contribution is 6.32. The van der Waals surface area contributed by atoms with Gasteiger partial charge in [-0.05, 0) is 30.5 Å². The van der Waals surface area contributed by atoms with Gasteiger partial charge in [-0.25, -0.2) is 4.79 Å². The van der Waals surface area contributed by atoms with Crippen LogP contribution in [0.15, 0.2) is 34.9 Å². The number of carbonyl (C=O) groups is 1. The van der Waals surface area contributed by atoms with Crippen LogP contribution in [-0.4, -0.2) is 28.3 Å². The summed E-state index contributed by atoms with van der Waals surface area (Å²) in [5.41, 5.74) is 0.688. The van der Waals surface area contributed by atoms with Crippen LogP contribution < -0.4 is 4.74 Å². The number of carboxylic acid groups (broad SMARTS) is 1. The predicted octanol–water partition coefficient (Wildman–Crippen LogP) is 2.99. The average Bonchev–Trinajstić information content (AvgIpc) is 3.21. The van der Waals surface area contributed by atoms with Crippen LogP contribution in [0.2, 0.25) is 5.02 Å². The van der Waals surface area contributed by atoms with Crippen molar-refractivity contribution < 1.29 is 19.2 Å². The van der Waals surface area contributed by atoms with Gasteiger partial charge in [-0.15, -0.1) is 0 Å². The van der Waals surface area contributed by atoms with Gasteiger partial charge in [0, 0.05) is 5.57 Å². The molecule has 1 aliphatic rings. The van der Waals surface area contributed by atoms with Crippen molar-refractivity contribution in [2.24, 2.45) is 0 Å². The van der Waals surface area contributed by atoms with Gasteiger partial charge in [0.15, 0.2) is 5.82 Å². The van der Waals surface area contributed by atoms with Gasteiger partial charge in [-0.2, -0.15) is 4.98 Å². The summed E-state index contributed by atoms with van der Waals surface area (Å²) in [7, 11) is 1.56. The van der Waals surface area contributed by atoms with Gasteiger partial charge in [0.05, 0.1) is 24.0 Å². The third-order valence-electron chi connectivity index (χ3n) is 4.02. The highest BCUT2D eigenvalue weighted by Gasteiger charge is 2.50. The van der Waals surface area contributed by atoms with Crippen molar-refractivity contribution in [3.63, 3.8) is 0 Å². The largest absolute Gasteiger partial charge is 0.495 e. The SMILES string of the molecule is C=C(Cc1nc(C2(c3ccc(OC)c(Cl)c3)CC2)no1)C(=O)O. The fraction of sp³-hybridized carbons (Fsp3) is 0.312. The first-order chi connectivity index (χ1) is 11.0.